The molecule has 3 heteroatoms. The number of hydrogen-bond donors (Lipinski definition) is 1. The molecule has 2 atom stereocenters. The molecule has 0 aliphatic carbocycles. The number of ether oxygens (including phenoxy) is 1. The van der Waals surface area contributed by atoms with Crippen LogP contribution in [0, 0.1) is 0 Å². The van der Waals surface area contributed by atoms with Crippen molar-refractivity contribution >= 4 is 10.9 Å². The molecule has 21 heavy (non-hydrogen) atoms. The first kappa shape index (κ1) is 14.5. The van der Waals surface area contributed by atoms with E-state index >= 15 is 0 Å². The van der Waals surface area contributed by atoms with Gasteiger partial charge in [-0.05, 0) is 30.5 Å². The van der Waals surface area contributed by atoms with E-state index in [2.05, 4.69) is 18.0 Å². The number of benzene rings is 1. The average Bonchev–Trinajstić information content (AvgIpc) is 2.48. The molecule has 1 fully saturated rings. The summed E-state index contributed by atoms with van der Waals surface area (Å²) in [6.07, 6.45) is 6.28. The van der Waals surface area contributed by atoms with Gasteiger partial charge in [0, 0.05) is 31.0 Å². The van der Waals surface area contributed by atoms with Crippen molar-refractivity contribution in [2.45, 2.75) is 50.7 Å². The summed E-state index contributed by atoms with van der Waals surface area (Å²) in [6, 6.07) is 10.2. The lowest BCUT2D eigenvalue weighted by Gasteiger charge is -2.37. The van der Waals surface area contributed by atoms with E-state index in [1.807, 2.05) is 30.5 Å². The van der Waals surface area contributed by atoms with Crippen molar-refractivity contribution in [2.75, 3.05) is 6.61 Å². The van der Waals surface area contributed by atoms with E-state index < -0.39 is 5.60 Å². The highest BCUT2D eigenvalue weighted by Crippen LogP contribution is 2.32. The molecule has 2 aromatic rings. The predicted molar refractivity (Wildman–Crippen MR) is 84.3 cm³/mol. The Balaban J connectivity index is 1.83. The smallest absolute Gasteiger partial charge is 0.0734 e. The maximum atomic E-state index is 11.0. The average molecular weight is 285 g/mol. The van der Waals surface area contributed by atoms with Crippen LogP contribution in [0.4, 0.5) is 0 Å². The fourth-order valence-electron chi connectivity index (χ4n) is 3.33. The predicted octanol–water partition coefficient (Wildman–Crippen LogP) is 3.49. The van der Waals surface area contributed by atoms with Gasteiger partial charge in [0.05, 0.1) is 17.2 Å². The molecule has 1 aliphatic rings. The van der Waals surface area contributed by atoms with Crippen LogP contribution in [0.1, 0.15) is 38.2 Å². The third-order valence-electron chi connectivity index (χ3n) is 4.40. The zero-order valence-corrected chi connectivity index (χ0v) is 12.6. The summed E-state index contributed by atoms with van der Waals surface area (Å²) in [5.41, 5.74) is 1.53. The van der Waals surface area contributed by atoms with Crippen LogP contribution in [-0.2, 0) is 11.2 Å². The molecule has 0 bridgehead atoms. The molecule has 2 unspecified atom stereocenters. The number of nitrogens with zero attached hydrogens (tertiary/aromatic N) is 1. The molecule has 2 heterocycles. The van der Waals surface area contributed by atoms with Gasteiger partial charge in [-0.2, -0.15) is 0 Å². The number of fused-ring (bicyclic) bond motifs is 1. The minimum absolute atomic E-state index is 0.196. The SMILES string of the molecule is CCCC1CC(O)(Cc2ccnc3ccccc23)CCO1. The number of aromatic nitrogens is 1. The largest absolute Gasteiger partial charge is 0.389 e. The summed E-state index contributed by atoms with van der Waals surface area (Å²) >= 11 is 0. The van der Waals surface area contributed by atoms with Crippen molar-refractivity contribution in [3.8, 4) is 0 Å². The molecule has 0 amide bonds. The summed E-state index contributed by atoms with van der Waals surface area (Å²) in [5, 5.41) is 12.1. The van der Waals surface area contributed by atoms with Crippen LogP contribution >= 0.6 is 0 Å². The summed E-state index contributed by atoms with van der Waals surface area (Å²) < 4.78 is 5.77. The van der Waals surface area contributed by atoms with E-state index in [1.165, 1.54) is 5.56 Å². The van der Waals surface area contributed by atoms with E-state index in [1.54, 1.807) is 0 Å². The molecule has 1 aromatic carbocycles. The maximum Gasteiger partial charge on any atom is 0.0734 e. The van der Waals surface area contributed by atoms with Gasteiger partial charge in [0.2, 0.25) is 0 Å². The quantitative estimate of drug-likeness (QED) is 0.935. The Labute approximate surface area is 126 Å². The molecule has 0 spiro atoms. The third-order valence-corrected chi connectivity index (χ3v) is 4.40. The molecule has 112 valence electrons. The first-order chi connectivity index (χ1) is 10.2. The van der Waals surface area contributed by atoms with Crippen LogP contribution in [0.2, 0.25) is 0 Å². The highest BCUT2D eigenvalue weighted by molar-refractivity contribution is 5.81. The van der Waals surface area contributed by atoms with Crippen molar-refractivity contribution in [2.24, 2.45) is 0 Å². The van der Waals surface area contributed by atoms with Crippen molar-refractivity contribution in [3.63, 3.8) is 0 Å². The Morgan fingerprint density at radius 1 is 1.33 bits per heavy atom. The van der Waals surface area contributed by atoms with Gasteiger partial charge in [0.15, 0.2) is 0 Å². The van der Waals surface area contributed by atoms with Gasteiger partial charge in [-0.1, -0.05) is 31.5 Å². The second-order valence-corrected chi connectivity index (χ2v) is 6.12. The van der Waals surface area contributed by atoms with Crippen LogP contribution in [0.25, 0.3) is 10.9 Å². The lowest BCUT2D eigenvalue weighted by Crippen LogP contribution is -2.42. The summed E-state index contributed by atoms with van der Waals surface area (Å²) in [4.78, 5) is 4.40. The van der Waals surface area contributed by atoms with Gasteiger partial charge >= 0.3 is 0 Å². The number of aliphatic hydroxyl groups is 1. The van der Waals surface area contributed by atoms with E-state index in [0.717, 1.165) is 30.2 Å². The molecular weight excluding hydrogens is 262 g/mol. The van der Waals surface area contributed by atoms with Crippen molar-refractivity contribution < 1.29 is 9.84 Å². The molecule has 1 N–H and O–H groups in total. The second-order valence-electron chi connectivity index (χ2n) is 6.12. The van der Waals surface area contributed by atoms with Gasteiger partial charge < -0.3 is 9.84 Å². The number of pyridine rings is 1. The van der Waals surface area contributed by atoms with E-state index in [4.69, 9.17) is 4.74 Å². The Bertz CT molecular complexity index is 606. The third kappa shape index (κ3) is 3.25. The number of hydrogen-bond acceptors (Lipinski definition) is 3. The van der Waals surface area contributed by atoms with E-state index in [0.29, 0.717) is 19.4 Å². The van der Waals surface area contributed by atoms with Crippen LogP contribution in [0.15, 0.2) is 36.5 Å². The lowest BCUT2D eigenvalue weighted by molar-refractivity contribution is -0.104. The van der Waals surface area contributed by atoms with Crippen molar-refractivity contribution in [1.82, 2.24) is 4.98 Å². The first-order valence-corrected chi connectivity index (χ1v) is 7.87. The molecule has 0 radical (unpaired) electrons. The Morgan fingerprint density at radius 2 is 2.19 bits per heavy atom. The summed E-state index contributed by atoms with van der Waals surface area (Å²) in [6.45, 7) is 2.82. The van der Waals surface area contributed by atoms with Gasteiger partial charge in [-0.25, -0.2) is 0 Å². The summed E-state index contributed by atoms with van der Waals surface area (Å²) in [7, 11) is 0. The Kier molecular flexibility index (Phi) is 4.22. The van der Waals surface area contributed by atoms with Crippen LogP contribution < -0.4 is 0 Å². The van der Waals surface area contributed by atoms with Crippen molar-refractivity contribution in [3.05, 3.63) is 42.1 Å². The number of rotatable bonds is 4. The Morgan fingerprint density at radius 3 is 3.05 bits per heavy atom. The number of para-hydroxylation sites is 1. The second kappa shape index (κ2) is 6.12. The van der Waals surface area contributed by atoms with Crippen molar-refractivity contribution in [1.29, 1.82) is 0 Å². The molecular formula is C18H23NO2. The minimum Gasteiger partial charge on any atom is -0.389 e. The van der Waals surface area contributed by atoms with Gasteiger partial charge in [0.25, 0.3) is 0 Å². The van der Waals surface area contributed by atoms with E-state index in [-0.39, 0.29) is 6.10 Å². The van der Waals surface area contributed by atoms with Gasteiger partial charge in [-0.15, -0.1) is 0 Å². The fourth-order valence-corrected chi connectivity index (χ4v) is 3.33. The molecule has 1 saturated heterocycles. The molecule has 1 aromatic heterocycles. The first-order valence-electron chi connectivity index (χ1n) is 7.87. The highest BCUT2D eigenvalue weighted by atomic mass is 16.5. The normalized spacial score (nSPS) is 26.1. The molecule has 1 aliphatic heterocycles. The van der Waals surface area contributed by atoms with Crippen LogP contribution in [0.3, 0.4) is 0 Å². The van der Waals surface area contributed by atoms with Gasteiger partial charge in [-0.3, -0.25) is 4.98 Å². The zero-order chi connectivity index (χ0) is 14.7. The highest BCUT2D eigenvalue weighted by Gasteiger charge is 2.35. The van der Waals surface area contributed by atoms with Gasteiger partial charge in [0.1, 0.15) is 0 Å². The summed E-state index contributed by atoms with van der Waals surface area (Å²) in [5.74, 6) is 0. The van der Waals surface area contributed by atoms with Crippen LogP contribution in [-0.4, -0.2) is 28.4 Å². The molecule has 3 nitrogen and oxygen atoms in total. The Hall–Kier alpha value is -1.45. The van der Waals surface area contributed by atoms with Crippen LogP contribution in [0.5, 0.6) is 0 Å². The lowest BCUT2D eigenvalue weighted by atomic mass is 9.83. The monoisotopic (exact) mass is 285 g/mol. The maximum absolute atomic E-state index is 11.0. The standard InChI is InChI=1S/C18H23NO2/c1-2-5-15-13-18(20,9-11-21-15)12-14-8-10-19-17-7-4-3-6-16(14)17/h3-4,6-8,10,15,20H,2,5,9,11-13H2,1H3. The molecule has 0 saturated carbocycles. The minimum atomic E-state index is -0.651. The fraction of sp³-hybridized carbons (Fsp3) is 0.500. The van der Waals surface area contributed by atoms with E-state index in [9.17, 15) is 5.11 Å². The zero-order valence-electron chi connectivity index (χ0n) is 12.6. The topological polar surface area (TPSA) is 42.4 Å². The molecule has 3 rings (SSSR count).